The zero-order valence-electron chi connectivity index (χ0n) is 18.8. The van der Waals surface area contributed by atoms with Gasteiger partial charge in [0.1, 0.15) is 5.54 Å². The molecule has 2 unspecified atom stereocenters. The van der Waals surface area contributed by atoms with Gasteiger partial charge in [-0.05, 0) is 44.4 Å². The van der Waals surface area contributed by atoms with Gasteiger partial charge in [-0.2, -0.15) is 9.98 Å². The Morgan fingerprint density at radius 1 is 1.34 bits per heavy atom. The van der Waals surface area contributed by atoms with Crippen LogP contribution in [0.2, 0.25) is 0 Å². The third-order valence-electron chi connectivity index (χ3n) is 6.30. The summed E-state index contributed by atoms with van der Waals surface area (Å²) in [6.45, 7) is 2.31. The van der Waals surface area contributed by atoms with E-state index < -0.39 is 32.7 Å². The van der Waals surface area contributed by atoms with Gasteiger partial charge in [-0.15, -0.1) is 10.2 Å². The Morgan fingerprint density at radius 2 is 2.09 bits per heavy atom. The second-order valence-corrected chi connectivity index (χ2v) is 11.6. The van der Waals surface area contributed by atoms with Crippen molar-refractivity contribution in [2.24, 2.45) is 0 Å². The molecule has 1 aromatic carbocycles. The van der Waals surface area contributed by atoms with Crippen LogP contribution >= 0.6 is 11.3 Å². The minimum atomic E-state index is -4.08. The van der Waals surface area contributed by atoms with Gasteiger partial charge in [0.05, 0.1) is 22.0 Å². The second-order valence-electron chi connectivity index (χ2n) is 8.93. The number of alkyl halides is 2. The Bertz CT molecular complexity index is 1500. The summed E-state index contributed by atoms with van der Waals surface area (Å²) in [5.41, 5.74) is 2.22. The van der Waals surface area contributed by atoms with Gasteiger partial charge >= 0.3 is 5.69 Å². The summed E-state index contributed by atoms with van der Waals surface area (Å²) in [6.07, 6.45) is -1.26. The van der Waals surface area contributed by atoms with Gasteiger partial charge < -0.3 is 0 Å². The van der Waals surface area contributed by atoms with E-state index in [2.05, 4.69) is 20.3 Å². The van der Waals surface area contributed by atoms with Crippen LogP contribution in [0, 0.1) is 11.3 Å². The van der Waals surface area contributed by atoms with E-state index in [0.717, 1.165) is 11.0 Å². The summed E-state index contributed by atoms with van der Waals surface area (Å²) in [7, 11) is -2.20. The zero-order valence-corrected chi connectivity index (χ0v) is 20.4. The highest BCUT2D eigenvalue weighted by molar-refractivity contribution is 7.89. The number of sulfonamides is 1. The molecule has 1 saturated heterocycles. The molecule has 2 aromatic heterocycles. The van der Waals surface area contributed by atoms with E-state index in [1.54, 1.807) is 0 Å². The van der Waals surface area contributed by atoms with E-state index in [-0.39, 0.29) is 27.6 Å². The van der Waals surface area contributed by atoms with E-state index >= 15 is 0 Å². The maximum atomic E-state index is 13.5. The third kappa shape index (κ3) is 4.25. The van der Waals surface area contributed by atoms with Crippen molar-refractivity contribution < 1.29 is 17.2 Å². The Morgan fingerprint density at radius 3 is 2.66 bits per heavy atom. The van der Waals surface area contributed by atoms with Crippen molar-refractivity contribution in [2.45, 2.75) is 61.7 Å². The molecular formula is C20H22F2N8O3S2. The largest absolute Gasteiger partial charge is 0.335 e. The second kappa shape index (κ2) is 8.42. The van der Waals surface area contributed by atoms with E-state index in [9.17, 15) is 27.3 Å². The molecule has 11 nitrogen and oxygen atoms in total. The number of aromatic nitrogens is 4. The van der Waals surface area contributed by atoms with Crippen LogP contribution < -0.4 is 15.8 Å². The first kappa shape index (κ1) is 23.9. The molecule has 35 heavy (non-hydrogen) atoms. The Labute approximate surface area is 203 Å². The number of hydrogen-bond donors (Lipinski definition) is 2. The lowest BCUT2D eigenvalue weighted by atomic mass is 10.1. The van der Waals surface area contributed by atoms with E-state index in [0.29, 0.717) is 36.2 Å². The molecule has 2 aliphatic rings. The van der Waals surface area contributed by atoms with Crippen LogP contribution in [-0.2, 0) is 16.6 Å². The Balaban J connectivity index is 1.65. The maximum absolute atomic E-state index is 13.5. The first-order valence-corrected chi connectivity index (χ1v) is 13.1. The first-order chi connectivity index (χ1) is 16.5. The van der Waals surface area contributed by atoms with Gasteiger partial charge in [0.15, 0.2) is 5.01 Å². The summed E-state index contributed by atoms with van der Waals surface area (Å²) in [5, 5.41) is 17.8. The number of benzene rings is 1. The van der Waals surface area contributed by atoms with Crippen LogP contribution in [0.5, 0.6) is 0 Å². The molecular weight excluding hydrogens is 502 g/mol. The van der Waals surface area contributed by atoms with Crippen molar-refractivity contribution in [3.05, 3.63) is 33.7 Å². The van der Waals surface area contributed by atoms with Crippen LogP contribution in [0.3, 0.4) is 0 Å². The van der Waals surface area contributed by atoms with Crippen LogP contribution in [0.25, 0.3) is 16.2 Å². The van der Waals surface area contributed by atoms with Crippen molar-refractivity contribution in [3.8, 4) is 11.2 Å². The SMILES string of the molecule is CC1CC(Cn2c(=O)n(-c3nnc(C(F)F)s3)c3cc(S(=O)(=O)NC4(C#N)CC4)ccc32)N(C)N1. The lowest BCUT2D eigenvalue weighted by Crippen LogP contribution is -2.38. The predicted octanol–water partition coefficient (Wildman–Crippen LogP) is 1.51. The van der Waals surface area contributed by atoms with E-state index in [1.165, 1.54) is 22.8 Å². The molecule has 186 valence electrons. The molecule has 1 aliphatic heterocycles. The number of halogens is 2. The molecule has 15 heteroatoms. The number of rotatable bonds is 7. The molecule has 2 N–H and O–H groups in total. The normalized spacial score (nSPS) is 22.2. The number of fused-ring (bicyclic) bond motifs is 1. The van der Waals surface area contributed by atoms with Gasteiger partial charge in [0.2, 0.25) is 15.2 Å². The fourth-order valence-electron chi connectivity index (χ4n) is 4.33. The maximum Gasteiger partial charge on any atom is 0.335 e. The van der Waals surface area contributed by atoms with E-state index in [4.69, 9.17) is 0 Å². The lowest BCUT2D eigenvalue weighted by molar-refractivity contribution is 0.150. The van der Waals surface area contributed by atoms with Crippen molar-refractivity contribution in [1.82, 2.24) is 34.5 Å². The highest BCUT2D eigenvalue weighted by Gasteiger charge is 2.47. The van der Waals surface area contributed by atoms with Gasteiger partial charge in [-0.1, -0.05) is 11.3 Å². The number of imidazole rings is 1. The monoisotopic (exact) mass is 524 g/mol. The molecule has 2 fully saturated rings. The Hall–Kier alpha value is -2.77. The number of nitriles is 1. The standard InChI is InChI=1S/C20H22F2N8O3S2/c1-11-7-12(28(2)26-11)9-29-14-4-3-13(35(32,33)27-20(10-23)5-6-20)8-15(14)30(19(29)31)18-25-24-17(34-18)16(21)22/h3-4,8,11-12,16,26-27H,5-7,9H2,1-2H3. The third-order valence-corrected chi connectivity index (χ3v) is 8.75. The molecule has 0 amide bonds. The molecule has 1 saturated carbocycles. The average Bonchev–Trinajstić information content (AvgIpc) is 3.12. The predicted molar refractivity (Wildman–Crippen MR) is 123 cm³/mol. The van der Waals surface area contributed by atoms with Gasteiger partial charge in [0, 0.05) is 25.7 Å². The van der Waals surface area contributed by atoms with Gasteiger partial charge in [-0.3, -0.25) is 9.99 Å². The molecule has 0 bridgehead atoms. The minimum absolute atomic E-state index is 0.0248. The molecule has 0 radical (unpaired) electrons. The number of nitrogens with one attached hydrogen (secondary N) is 2. The lowest BCUT2D eigenvalue weighted by Gasteiger charge is -2.19. The zero-order chi connectivity index (χ0) is 25.1. The van der Waals surface area contributed by atoms with Crippen molar-refractivity contribution in [3.63, 3.8) is 0 Å². The fourth-order valence-corrected chi connectivity index (χ4v) is 6.43. The topological polar surface area (TPSA) is 138 Å². The summed E-state index contributed by atoms with van der Waals surface area (Å²) >= 11 is 0.564. The smallest absolute Gasteiger partial charge is 0.290 e. The highest BCUT2D eigenvalue weighted by Crippen LogP contribution is 2.36. The molecule has 2 atom stereocenters. The summed E-state index contributed by atoms with van der Waals surface area (Å²) < 4.78 is 57.3. The van der Waals surface area contributed by atoms with Crippen LogP contribution in [0.1, 0.15) is 37.6 Å². The van der Waals surface area contributed by atoms with Crippen molar-refractivity contribution >= 4 is 32.4 Å². The number of hydrazine groups is 1. The molecule has 1 aliphatic carbocycles. The molecule has 5 rings (SSSR count). The number of hydrogen-bond acceptors (Lipinski definition) is 9. The fraction of sp³-hybridized carbons (Fsp3) is 0.500. The average molecular weight is 525 g/mol. The number of nitrogens with zero attached hydrogens (tertiary/aromatic N) is 6. The molecule has 0 spiro atoms. The minimum Gasteiger partial charge on any atom is -0.290 e. The summed E-state index contributed by atoms with van der Waals surface area (Å²) in [4.78, 5) is 13.4. The van der Waals surface area contributed by atoms with Gasteiger partial charge in [-0.25, -0.2) is 31.6 Å². The highest BCUT2D eigenvalue weighted by atomic mass is 32.2. The van der Waals surface area contributed by atoms with Crippen LogP contribution in [0.15, 0.2) is 27.9 Å². The van der Waals surface area contributed by atoms with Crippen molar-refractivity contribution in [2.75, 3.05) is 7.05 Å². The van der Waals surface area contributed by atoms with Crippen LogP contribution in [0.4, 0.5) is 8.78 Å². The first-order valence-electron chi connectivity index (χ1n) is 10.8. The van der Waals surface area contributed by atoms with Crippen LogP contribution in [-0.4, -0.2) is 57.4 Å². The summed E-state index contributed by atoms with van der Waals surface area (Å²) in [6, 6.07) is 6.34. The molecule has 3 aromatic rings. The number of likely N-dealkylation sites (N-methyl/N-ethyl adjacent to an activating group) is 1. The summed E-state index contributed by atoms with van der Waals surface area (Å²) in [5.74, 6) is 0. The van der Waals surface area contributed by atoms with E-state index in [1.807, 2.05) is 25.0 Å². The molecule has 3 heterocycles. The Kier molecular flexibility index (Phi) is 5.76. The van der Waals surface area contributed by atoms with Crippen molar-refractivity contribution in [1.29, 1.82) is 5.26 Å². The quantitative estimate of drug-likeness (QED) is 0.475. The van der Waals surface area contributed by atoms with Gasteiger partial charge in [0.25, 0.3) is 6.43 Å².